The maximum atomic E-state index is 13.1. The van der Waals surface area contributed by atoms with Gasteiger partial charge in [0.2, 0.25) is 0 Å². The number of nitrogens with zero attached hydrogens (tertiary/aromatic N) is 3. The van der Waals surface area contributed by atoms with Crippen molar-refractivity contribution in [1.29, 1.82) is 0 Å². The van der Waals surface area contributed by atoms with Crippen molar-refractivity contribution >= 4 is 22.7 Å². The van der Waals surface area contributed by atoms with Gasteiger partial charge in [0.1, 0.15) is 25.4 Å². The van der Waals surface area contributed by atoms with E-state index in [2.05, 4.69) is 0 Å². The number of fused-ring (bicyclic) bond motifs is 1. The topological polar surface area (TPSA) is 159 Å². The average Bonchev–Trinajstić information content (AvgIpc) is 2.99. The lowest BCUT2D eigenvalue weighted by Crippen LogP contribution is -2.56. The largest absolute Gasteiger partial charge is 0.459 e. The Hall–Kier alpha value is -4.81. The molecule has 12 heteroatoms. The molecule has 0 amide bonds. The first kappa shape index (κ1) is 29.2. The van der Waals surface area contributed by atoms with Crippen molar-refractivity contribution in [3.63, 3.8) is 0 Å². The number of aliphatic hydroxyl groups excluding tert-OH is 2. The Labute approximate surface area is 233 Å². The predicted octanol–water partition coefficient (Wildman–Crippen LogP) is 0.781. The molecular formula is C29H29N3O9. The number of carbonyl (C=O) groups is 2. The molecule has 0 fully saturated rings. The minimum absolute atomic E-state index is 0.0940. The van der Waals surface area contributed by atoms with Gasteiger partial charge in [-0.3, -0.25) is 0 Å². The molecule has 0 saturated heterocycles. The number of hydrogen-bond acceptors (Lipinski definition) is 9. The van der Waals surface area contributed by atoms with E-state index >= 15 is 0 Å². The molecule has 4 aromatic rings. The number of esters is 2. The molecule has 0 aliphatic rings. The molecule has 2 unspecified atom stereocenters. The average molecular weight is 564 g/mol. The van der Waals surface area contributed by atoms with Gasteiger partial charge in [-0.1, -0.05) is 54.6 Å². The summed E-state index contributed by atoms with van der Waals surface area (Å²) in [6.45, 7) is -0.785. The normalized spacial score (nSPS) is 12.6. The second kappa shape index (κ2) is 13.0. The van der Waals surface area contributed by atoms with E-state index in [9.17, 15) is 34.2 Å². The predicted molar refractivity (Wildman–Crippen MR) is 148 cm³/mol. The number of hydrogen-bond donors (Lipinski definition) is 2. The lowest BCUT2D eigenvalue weighted by Gasteiger charge is -2.18. The molecule has 41 heavy (non-hydrogen) atoms. The molecule has 214 valence electrons. The zero-order valence-electron chi connectivity index (χ0n) is 22.2. The number of aromatic nitrogens is 3. The third-order valence-electron chi connectivity index (χ3n) is 6.32. The fourth-order valence-corrected chi connectivity index (χ4v) is 4.27. The van der Waals surface area contributed by atoms with Crippen molar-refractivity contribution in [2.45, 2.75) is 38.8 Å². The molecule has 2 atom stereocenters. The van der Waals surface area contributed by atoms with E-state index in [1.54, 1.807) is 42.5 Å². The molecule has 0 radical (unpaired) electrons. The molecule has 0 saturated carbocycles. The van der Waals surface area contributed by atoms with Crippen molar-refractivity contribution in [2.75, 3.05) is 13.2 Å². The lowest BCUT2D eigenvalue weighted by atomic mass is 10.1. The van der Waals surface area contributed by atoms with Gasteiger partial charge in [-0.25, -0.2) is 37.7 Å². The molecule has 4 rings (SSSR count). The minimum Gasteiger partial charge on any atom is -0.459 e. The Morgan fingerprint density at radius 3 is 1.80 bits per heavy atom. The maximum Gasteiger partial charge on any atom is 0.338 e. The van der Waals surface area contributed by atoms with Gasteiger partial charge in [0.05, 0.1) is 24.2 Å². The highest BCUT2D eigenvalue weighted by Crippen LogP contribution is 2.19. The van der Waals surface area contributed by atoms with Crippen LogP contribution in [-0.4, -0.2) is 61.3 Å². The van der Waals surface area contributed by atoms with Gasteiger partial charge in [0.25, 0.3) is 0 Å². The van der Waals surface area contributed by atoms with Crippen LogP contribution in [0.3, 0.4) is 0 Å². The van der Waals surface area contributed by atoms with Gasteiger partial charge in [-0.05, 0) is 35.9 Å². The summed E-state index contributed by atoms with van der Waals surface area (Å²) >= 11 is 0. The molecule has 0 aliphatic heterocycles. The van der Waals surface area contributed by atoms with Crippen LogP contribution in [0.25, 0.3) is 10.8 Å². The molecule has 0 aliphatic carbocycles. The van der Waals surface area contributed by atoms with E-state index < -0.39 is 67.5 Å². The maximum absolute atomic E-state index is 13.1. The highest BCUT2D eigenvalue weighted by Gasteiger charge is 2.21. The second-order valence-electron chi connectivity index (χ2n) is 9.21. The minimum atomic E-state index is -1.47. The summed E-state index contributed by atoms with van der Waals surface area (Å²) in [5.74, 6) is -1.40. The molecule has 1 aromatic heterocycles. The highest BCUT2D eigenvalue weighted by atomic mass is 16.5. The quantitative estimate of drug-likeness (QED) is 0.252. The molecular weight excluding hydrogens is 534 g/mol. The number of aliphatic hydroxyl groups is 2. The SMILES string of the molecule is CCn1c(=O)n(CC(O)COC(=O)c2ccccc2)c(=O)n(CC(O)COC(=O)c2cccc3ccccc23)c1=O. The fraction of sp³-hybridized carbons (Fsp3) is 0.276. The van der Waals surface area contributed by atoms with Gasteiger partial charge in [-0.2, -0.15) is 0 Å². The van der Waals surface area contributed by atoms with E-state index in [-0.39, 0.29) is 17.7 Å². The van der Waals surface area contributed by atoms with E-state index in [0.29, 0.717) is 14.5 Å². The number of ether oxygens (including phenoxy) is 2. The lowest BCUT2D eigenvalue weighted by molar-refractivity contribution is 0.0190. The zero-order valence-corrected chi connectivity index (χ0v) is 22.2. The Balaban J connectivity index is 1.46. The van der Waals surface area contributed by atoms with Crippen LogP contribution in [-0.2, 0) is 29.1 Å². The number of rotatable bonds is 11. The molecule has 12 nitrogen and oxygen atoms in total. The first-order valence-corrected chi connectivity index (χ1v) is 12.9. The van der Waals surface area contributed by atoms with Gasteiger partial charge in [0.15, 0.2) is 0 Å². The molecule has 0 spiro atoms. The van der Waals surface area contributed by atoms with Gasteiger partial charge >= 0.3 is 29.0 Å². The van der Waals surface area contributed by atoms with Crippen LogP contribution < -0.4 is 17.1 Å². The summed E-state index contributed by atoms with van der Waals surface area (Å²) in [4.78, 5) is 63.6. The summed E-state index contributed by atoms with van der Waals surface area (Å²) in [6.07, 6.45) is -2.91. The smallest absolute Gasteiger partial charge is 0.338 e. The van der Waals surface area contributed by atoms with Crippen LogP contribution in [0.5, 0.6) is 0 Å². The Kier molecular flexibility index (Phi) is 9.27. The third-order valence-corrected chi connectivity index (χ3v) is 6.32. The Morgan fingerprint density at radius 1 is 0.683 bits per heavy atom. The fourth-order valence-electron chi connectivity index (χ4n) is 4.27. The summed E-state index contributed by atoms with van der Waals surface area (Å²) in [7, 11) is 0. The van der Waals surface area contributed by atoms with Crippen molar-refractivity contribution in [3.8, 4) is 0 Å². The summed E-state index contributed by atoms with van der Waals surface area (Å²) in [6, 6.07) is 20.4. The Bertz CT molecular complexity index is 1720. The summed E-state index contributed by atoms with van der Waals surface area (Å²) in [5, 5.41) is 22.4. The standard InChI is InChI=1S/C29H29N3O9/c1-2-30-27(37)31(15-21(33)17-40-25(35)20-10-4-3-5-11-20)29(39)32(28(30)38)16-22(34)18-41-26(36)24-14-8-12-19-9-6-7-13-23(19)24/h3-14,21-22,33-34H,2,15-18H2,1H3. The molecule has 3 aromatic carbocycles. The van der Waals surface area contributed by atoms with Crippen LogP contribution >= 0.6 is 0 Å². The second-order valence-corrected chi connectivity index (χ2v) is 9.21. The van der Waals surface area contributed by atoms with E-state index in [0.717, 1.165) is 9.95 Å². The van der Waals surface area contributed by atoms with Gasteiger partial charge < -0.3 is 19.7 Å². The third kappa shape index (κ3) is 6.68. The first-order chi connectivity index (χ1) is 19.7. The monoisotopic (exact) mass is 563 g/mol. The van der Waals surface area contributed by atoms with E-state index in [1.807, 2.05) is 18.2 Å². The zero-order chi connectivity index (χ0) is 29.5. The van der Waals surface area contributed by atoms with Crippen LogP contribution in [0.15, 0.2) is 87.2 Å². The van der Waals surface area contributed by atoms with Crippen molar-refractivity contribution in [2.24, 2.45) is 0 Å². The van der Waals surface area contributed by atoms with Crippen LogP contribution in [0, 0.1) is 0 Å². The van der Waals surface area contributed by atoms with Crippen molar-refractivity contribution in [3.05, 3.63) is 115 Å². The van der Waals surface area contributed by atoms with E-state index in [1.165, 1.54) is 19.1 Å². The van der Waals surface area contributed by atoms with Crippen LogP contribution in [0.2, 0.25) is 0 Å². The highest BCUT2D eigenvalue weighted by molar-refractivity contribution is 6.04. The molecule has 0 bridgehead atoms. The van der Waals surface area contributed by atoms with Gasteiger partial charge in [0, 0.05) is 6.54 Å². The first-order valence-electron chi connectivity index (χ1n) is 12.9. The Morgan fingerprint density at radius 2 is 1.20 bits per heavy atom. The van der Waals surface area contributed by atoms with Crippen molar-refractivity contribution < 1.29 is 29.3 Å². The van der Waals surface area contributed by atoms with E-state index in [4.69, 9.17) is 9.47 Å². The van der Waals surface area contributed by atoms with Gasteiger partial charge in [-0.15, -0.1) is 0 Å². The number of carbonyl (C=O) groups excluding carboxylic acids is 2. The van der Waals surface area contributed by atoms with Crippen LogP contribution in [0.1, 0.15) is 27.6 Å². The van der Waals surface area contributed by atoms with Crippen molar-refractivity contribution in [1.82, 2.24) is 13.7 Å². The van der Waals surface area contributed by atoms with Crippen LogP contribution in [0.4, 0.5) is 0 Å². The molecule has 2 N–H and O–H groups in total. The summed E-state index contributed by atoms with van der Waals surface area (Å²) in [5.41, 5.74) is -2.48. The number of benzene rings is 3. The summed E-state index contributed by atoms with van der Waals surface area (Å²) < 4.78 is 12.3. The molecule has 1 heterocycles.